The van der Waals surface area contributed by atoms with Crippen LogP contribution in [0, 0.1) is 0 Å². The van der Waals surface area contributed by atoms with Crippen LogP contribution in [0.15, 0.2) is 36.4 Å². The highest BCUT2D eigenvalue weighted by atomic mass is 35.5. The lowest BCUT2D eigenvalue weighted by Crippen LogP contribution is -2.50. The van der Waals surface area contributed by atoms with Gasteiger partial charge in [-0.3, -0.25) is 9.69 Å². The van der Waals surface area contributed by atoms with Crippen molar-refractivity contribution in [2.75, 3.05) is 53.4 Å². The number of nitrogens with zero attached hydrogens (tertiary/aromatic N) is 3. The van der Waals surface area contributed by atoms with Crippen molar-refractivity contribution in [2.24, 2.45) is 0 Å². The van der Waals surface area contributed by atoms with Crippen molar-refractivity contribution >= 4 is 29.4 Å². The predicted octanol–water partition coefficient (Wildman–Crippen LogP) is 4.91. The van der Waals surface area contributed by atoms with Gasteiger partial charge in [-0.25, -0.2) is 9.59 Å². The number of likely N-dealkylation sites (N-methyl/N-ethyl adjacent to an activating group) is 1. The van der Waals surface area contributed by atoms with Crippen LogP contribution in [-0.4, -0.2) is 116 Å². The Labute approximate surface area is 282 Å². The maximum atomic E-state index is 13.5. The number of halogens is 7. The van der Waals surface area contributed by atoms with E-state index in [0.29, 0.717) is 62.6 Å². The quantitative estimate of drug-likeness (QED) is 0.204. The van der Waals surface area contributed by atoms with Crippen LogP contribution >= 0.6 is 11.6 Å². The highest BCUT2D eigenvalue weighted by Gasteiger charge is 2.45. The number of esters is 2. The summed E-state index contributed by atoms with van der Waals surface area (Å²) in [6, 6.07) is 8.31. The molecular weight excluding hydrogens is 688 g/mol. The monoisotopic (exact) mass is 721 g/mol. The first-order chi connectivity index (χ1) is 22.9. The second-order valence-electron chi connectivity index (χ2n) is 12.6. The number of piperidine rings is 1. The number of fused-ring (bicyclic) bond motifs is 1. The first-order valence-corrected chi connectivity index (χ1v) is 15.8. The summed E-state index contributed by atoms with van der Waals surface area (Å²) in [5.41, 5.74) is 0.291. The molecule has 3 aliphatic rings. The van der Waals surface area contributed by atoms with E-state index in [2.05, 4.69) is 4.74 Å². The van der Waals surface area contributed by atoms with Gasteiger partial charge in [-0.15, -0.1) is 0 Å². The summed E-state index contributed by atoms with van der Waals surface area (Å²) in [6.45, 7) is 0.531. The molecule has 2 aromatic carbocycles. The Kier molecular flexibility index (Phi) is 10.6. The minimum Gasteiger partial charge on any atom is -0.489 e. The first-order valence-electron chi connectivity index (χ1n) is 15.4. The van der Waals surface area contributed by atoms with Gasteiger partial charge in [0, 0.05) is 69.1 Å². The highest BCUT2D eigenvalue weighted by Crippen LogP contribution is 2.42. The second kappa shape index (κ2) is 14.2. The Morgan fingerprint density at radius 2 is 1.69 bits per heavy atom. The van der Waals surface area contributed by atoms with E-state index in [1.165, 1.54) is 4.90 Å². The maximum absolute atomic E-state index is 13.5. The molecule has 5 rings (SSSR count). The molecule has 0 bridgehead atoms. The number of hydrogen-bond acceptors (Lipinski definition) is 9. The molecule has 0 N–H and O–H groups in total. The summed E-state index contributed by atoms with van der Waals surface area (Å²) in [5.74, 6) is -5.82. The van der Waals surface area contributed by atoms with Crippen molar-refractivity contribution in [3.8, 4) is 17.2 Å². The third kappa shape index (κ3) is 8.89. The summed E-state index contributed by atoms with van der Waals surface area (Å²) in [6.07, 6.45) is -9.89. The van der Waals surface area contributed by atoms with E-state index < -0.39 is 54.3 Å². The van der Waals surface area contributed by atoms with Gasteiger partial charge in [0.25, 0.3) is 5.91 Å². The summed E-state index contributed by atoms with van der Waals surface area (Å²) in [7, 11) is 3.69. The van der Waals surface area contributed by atoms with Crippen LogP contribution in [0.1, 0.15) is 35.2 Å². The van der Waals surface area contributed by atoms with Gasteiger partial charge >= 0.3 is 24.3 Å². The van der Waals surface area contributed by atoms with Crippen LogP contribution in [0.5, 0.6) is 17.2 Å². The van der Waals surface area contributed by atoms with E-state index in [1.807, 2.05) is 25.1 Å². The van der Waals surface area contributed by atoms with E-state index >= 15 is 0 Å². The number of alkyl halides is 6. The van der Waals surface area contributed by atoms with E-state index in [-0.39, 0.29) is 23.9 Å². The number of benzene rings is 2. The largest absolute Gasteiger partial charge is 0.491 e. The number of hydrogen-bond donors (Lipinski definition) is 0. The zero-order valence-corrected chi connectivity index (χ0v) is 27.3. The van der Waals surface area contributed by atoms with Crippen LogP contribution in [-0.2, 0) is 20.7 Å². The van der Waals surface area contributed by atoms with Crippen molar-refractivity contribution in [1.29, 1.82) is 0 Å². The molecule has 0 saturated carbocycles. The zero-order valence-electron chi connectivity index (χ0n) is 26.5. The Hall–Kier alpha value is -3.76. The Bertz CT molecular complexity index is 1560. The fourth-order valence-corrected chi connectivity index (χ4v) is 6.38. The third-order valence-electron chi connectivity index (χ3n) is 8.83. The lowest BCUT2D eigenvalue weighted by Gasteiger charge is -2.39. The maximum Gasteiger partial charge on any atom is 0.491 e. The van der Waals surface area contributed by atoms with Gasteiger partial charge < -0.3 is 28.7 Å². The van der Waals surface area contributed by atoms with Crippen LogP contribution in [0.2, 0.25) is 5.02 Å². The molecule has 3 aliphatic heterocycles. The van der Waals surface area contributed by atoms with Crippen LogP contribution in [0.25, 0.3) is 0 Å². The minimum atomic E-state index is -5.32. The number of rotatable bonds is 9. The average Bonchev–Trinajstić information content (AvgIpc) is 3.65. The number of carbonyl (C=O) groups is 3. The lowest BCUT2D eigenvalue weighted by molar-refractivity contribution is -0.207. The average molecular weight is 722 g/mol. The van der Waals surface area contributed by atoms with Gasteiger partial charge in [-0.1, -0.05) is 11.6 Å². The van der Waals surface area contributed by atoms with Crippen molar-refractivity contribution in [3.63, 3.8) is 0 Å². The fraction of sp³-hybridized carbons (Fsp3) is 0.531. The van der Waals surface area contributed by atoms with Crippen molar-refractivity contribution < 1.29 is 59.7 Å². The molecule has 3 heterocycles. The molecule has 0 aromatic heterocycles. The number of carbonyl (C=O) groups excluding carboxylic acids is 3. The van der Waals surface area contributed by atoms with Gasteiger partial charge in [0.05, 0.1) is 5.56 Å². The van der Waals surface area contributed by atoms with Gasteiger partial charge in [0.1, 0.15) is 35.6 Å². The number of ether oxygens (including phenoxy) is 4. The van der Waals surface area contributed by atoms with Gasteiger partial charge in [-0.05, 0) is 56.4 Å². The minimum absolute atomic E-state index is 0.0387. The van der Waals surface area contributed by atoms with E-state index in [1.54, 1.807) is 17.0 Å². The second-order valence-corrected chi connectivity index (χ2v) is 13.0. The van der Waals surface area contributed by atoms with E-state index in [4.69, 9.17) is 25.8 Å². The third-order valence-corrected chi connectivity index (χ3v) is 9.06. The highest BCUT2D eigenvalue weighted by molar-refractivity contribution is 6.30. The van der Waals surface area contributed by atoms with E-state index in [0.717, 1.165) is 23.8 Å². The number of likely N-dealkylation sites (tertiary alicyclic amines) is 2. The summed E-state index contributed by atoms with van der Waals surface area (Å²) in [4.78, 5) is 42.1. The van der Waals surface area contributed by atoms with Crippen molar-refractivity contribution in [2.45, 2.75) is 55.8 Å². The molecule has 0 aliphatic carbocycles. The fourth-order valence-electron chi connectivity index (χ4n) is 6.18. The molecule has 10 nitrogen and oxygen atoms in total. The molecule has 2 aromatic rings. The summed E-state index contributed by atoms with van der Waals surface area (Å²) < 4.78 is 99.6. The molecular formula is C32H34ClF6N3O7. The molecule has 1 spiro atoms. The van der Waals surface area contributed by atoms with Crippen molar-refractivity contribution in [3.05, 3.63) is 52.5 Å². The van der Waals surface area contributed by atoms with Crippen molar-refractivity contribution in [1.82, 2.24) is 14.7 Å². The molecule has 17 heteroatoms. The van der Waals surface area contributed by atoms with Crippen LogP contribution < -0.4 is 14.2 Å². The summed E-state index contributed by atoms with van der Waals surface area (Å²) in [5, 5.41) is 0.568. The molecule has 0 unspecified atom stereocenters. The Morgan fingerprint density at radius 1 is 1.00 bits per heavy atom. The molecule has 0 radical (unpaired) electrons. The molecule has 268 valence electrons. The topological polar surface area (TPSA) is 97.8 Å². The molecule has 2 saturated heterocycles. The standard InChI is InChI=1S/C32H34ClF6N3O7/c1-40(2)21-7-10-42(16-21)27(43)24-5-4-22(47-28(44)31(34,35)36)14-26(24)46-18-23(48-29(45)32(37,38)39)17-41-11-8-30(9-12-41)15-19-13-20(33)3-6-25(19)49-30/h3-6,13-14,21,23H,7-12,15-18H2,1-2H3/t21-,23-/m0/s1. The van der Waals surface area contributed by atoms with Gasteiger partial charge in [0.2, 0.25) is 0 Å². The van der Waals surface area contributed by atoms with Crippen LogP contribution in [0.4, 0.5) is 26.3 Å². The molecule has 2 atom stereocenters. The Balaban J connectivity index is 1.32. The first kappa shape index (κ1) is 36.5. The van der Waals surface area contributed by atoms with Crippen LogP contribution in [0.3, 0.4) is 0 Å². The Morgan fingerprint density at radius 3 is 2.33 bits per heavy atom. The predicted molar refractivity (Wildman–Crippen MR) is 162 cm³/mol. The molecule has 1 amide bonds. The number of amides is 1. The van der Waals surface area contributed by atoms with E-state index in [9.17, 15) is 40.7 Å². The van der Waals surface area contributed by atoms with Gasteiger partial charge in [-0.2, -0.15) is 26.3 Å². The summed E-state index contributed by atoms with van der Waals surface area (Å²) >= 11 is 6.12. The molecule has 2 fully saturated rings. The SMILES string of the molecule is CN(C)[C@H]1CCN(C(=O)c2ccc(OC(=O)C(F)(F)F)cc2OC[C@H](CN2CCC3(CC2)Cc2cc(Cl)ccc2O3)OC(=O)C(F)(F)F)C1. The van der Waals surface area contributed by atoms with Gasteiger partial charge in [0.15, 0.2) is 0 Å². The zero-order chi connectivity index (χ0) is 35.7. The smallest absolute Gasteiger partial charge is 0.489 e. The molecule has 49 heavy (non-hydrogen) atoms. The lowest BCUT2D eigenvalue weighted by atomic mass is 9.87. The normalized spacial score (nSPS) is 19.8.